The normalized spacial score (nSPS) is 11.1. The molecule has 0 radical (unpaired) electrons. The molecule has 6 heteroatoms. The van der Waals surface area contributed by atoms with E-state index < -0.39 is 5.97 Å². The van der Waals surface area contributed by atoms with Crippen LogP contribution in [-0.2, 0) is 9.53 Å². The molecule has 0 saturated carbocycles. The van der Waals surface area contributed by atoms with E-state index in [0.717, 1.165) is 6.42 Å². The zero-order valence-electron chi connectivity index (χ0n) is 14.4. The van der Waals surface area contributed by atoms with Crippen molar-refractivity contribution in [1.29, 1.82) is 5.26 Å². The summed E-state index contributed by atoms with van der Waals surface area (Å²) in [5, 5.41) is 9.53. The fourth-order valence-electron chi connectivity index (χ4n) is 1.86. The van der Waals surface area contributed by atoms with E-state index in [1.807, 2.05) is 19.9 Å². The van der Waals surface area contributed by atoms with E-state index in [9.17, 15) is 10.1 Å². The Balaban J connectivity index is 3.21. The third kappa shape index (κ3) is 5.78. The highest BCUT2D eigenvalue weighted by atomic mass is 35.5. The van der Waals surface area contributed by atoms with Gasteiger partial charge in [0.15, 0.2) is 11.5 Å². The number of hydrogen-bond acceptors (Lipinski definition) is 5. The number of ether oxygens (including phenoxy) is 3. The zero-order valence-corrected chi connectivity index (χ0v) is 15.1. The third-order valence-corrected chi connectivity index (χ3v) is 3.06. The van der Waals surface area contributed by atoms with Crippen molar-refractivity contribution in [3.63, 3.8) is 0 Å². The van der Waals surface area contributed by atoms with Gasteiger partial charge in [-0.25, -0.2) is 4.79 Å². The SMILES string of the molecule is CCCOc1c(Cl)cc(/C=C(/C#N)C(=O)OC(C)C)cc1OCC. The summed E-state index contributed by atoms with van der Waals surface area (Å²) >= 11 is 6.26. The average molecular weight is 352 g/mol. The Labute approximate surface area is 147 Å². The molecule has 0 aromatic heterocycles. The number of hydrogen-bond donors (Lipinski definition) is 0. The molecule has 1 aromatic rings. The van der Waals surface area contributed by atoms with Crippen LogP contribution in [0.3, 0.4) is 0 Å². The standard InChI is InChI=1S/C18H22ClNO4/c1-5-7-23-17-15(19)9-13(10-16(17)22-6-2)8-14(11-20)18(21)24-12(3)4/h8-10,12H,5-7H2,1-4H3/b14-8-. The van der Waals surface area contributed by atoms with E-state index >= 15 is 0 Å². The number of rotatable bonds is 8. The van der Waals surface area contributed by atoms with Gasteiger partial charge in [0.2, 0.25) is 0 Å². The predicted molar refractivity (Wildman–Crippen MR) is 93.2 cm³/mol. The molecule has 0 spiro atoms. The molecule has 24 heavy (non-hydrogen) atoms. The van der Waals surface area contributed by atoms with Crippen LogP contribution in [0.25, 0.3) is 6.08 Å². The Morgan fingerprint density at radius 1 is 1.33 bits per heavy atom. The van der Waals surface area contributed by atoms with Gasteiger partial charge < -0.3 is 14.2 Å². The first kappa shape index (κ1) is 19.9. The summed E-state index contributed by atoms with van der Waals surface area (Å²) in [6.07, 6.45) is 1.95. The molecule has 0 bridgehead atoms. The largest absolute Gasteiger partial charge is 0.490 e. The molecule has 0 aliphatic rings. The molecular formula is C18H22ClNO4. The van der Waals surface area contributed by atoms with Gasteiger partial charge >= 0.3 is 5.97 Å². The lowest BCUT2D eigenvalue weighted by molar-refractivity contribution is -0.142. The molecule has 1 rings (SSSR count). The van der Waals surface area contributed by atoms with Crippen LogP contribution >= 0.6 is 11.6 Å². The highest BCUT2D eigenvalue weighted by Gasteiger charge is 2.15. The van der Waals surface area contributed by atoms with Crippen LogP contribution in [0.15, 0.2) is 17.7 Å². The first-order chi connectivity index (χ1) is 11.4. The minimum atomic E-state index is -0.673. The van der Waals surface area contributed by atoms with Gasteiger partial charge in [0.05, 0.1) is 24.3 Å². The number of nitriles is 1. The molecule has 0 aliphatic heterocycles. The van der Waals surface area contributed by atoms with Crippen molar-refractivity contribution in [3.05, 3.63) is 28.3 Å². The summed E-state index contributed by atoms with van der Waals surface area (Å²) in [7, 11) is 0. The Morgan fingerprint density at radius 2 is 2.04 bits per heavy atom. The van der Waals surface area contributed by atoms with Crippen molar-refractivity contribution in [2.45, 2.75) is 40.2 Å². The number of esters is 1. The number of carbonyl (C=O) groups excluding carboxylic acids is 1. The average Bonchev–Trinajstić information content (AvgIpc) is 2.51. The topological polar surface area (TPSA) is 68.5 Å². The van der Waals surface area contributed by atoms with E-state index in [1.54, 1.807) is 26.0 Å². The second kappa shape index (κ2) is 9.84. The molecule has 0 unspecified atom stereocenters. The van der Waals surface area contributed by atoms with Crippen molar-refractivity contribution in [2.24, 2.45) is 0 Å². The van der Waals surface area contributed by atoms with Crippen LogP contribution in [-0.4, -0.2) is 25.3 Å². The second-order valence-corrected chi connectivity index (χ2v) is 5.64. The van der Waals surface area contributed by atoms with Crippen LogP contribution in [0.2, 0.25) is 5.02 Å². The molecule has 0 atom stereocenters. The minimum absolute atomic E-state index is 0.107. The molecule has 0 fully saturated rings. The molecule has 0 saturated heterocycles. The van der Waals surface area contributed by atoms with Crippen LogP contribution in [0.1, 0.15) is 39.7 Å². The van der Waals surface area contributed by atoms with Crippen molar-refractivity contribution in [1.82, 2.24) is 0 Å². The predicted octanol–water partition coefficient (Wildman–Crippen LogP) is 4.39. The Morgan fingerprint density at radius 3 is 2.58 bits per heavy atom. The van der Waals surface area contributed by atoms with E-state index in [1.165, 1.54) is 6.08 Å². The van der Waals surface area contributed by atoms with Crippen molar-refractivity contribution >= 4 is 23.6 Å². The van der Waals surface area contributed by atoms with Gasteiger partial charge in [-0.3, -0.25) is 0 Å². The summed E-state index contributed by atoms with van der Waals surface area (Å²) in [5.74, 6) is 0.257. The molecule has 0 heterocycles. The fraction of sp³-hybridized carbons (Fsp3) is 0.444. The first-order valence-electron chi connectivity index (χ1n) is 7.84. The quantitative estimate of drug-likeness (QED) is 0.395. The summed E-state index contributed by atoms with van der Waals surface area (Å²) in [5.41, 5.74) is 0.453. The molecule has 5 nitrogen and oxygen atoms in total. The van der Waals surface area contributed by atoms with Gasteiger partial charge in [0, 0.05) is 0 Å². The lowest BCUT2D eigenvalue weighted by Gasteiger charge is -2.14. The van der Waals surface area contributed by atoms with Crippen LogP contribution in [0.5, 0.6) is 11.5 Å². The maximum absolute atomic E-state index is 11.9. The molecule has 1 aromatic carbocycles. The Kier molecular flexibility index (Phi) is 8.14. The third-order valence-electron chi connectivity index (χ3n) is 2.78. The van der Waals surface area contributed by atoms with Gasteiger partial charge in [0.25, 0.3) is 0 Å². The highest BCUT2D eigenvalue weighted by Crippen LogP contribution is 2.37. The van der Waals surface area contributed by atoms with Crippen molar-refractivity contribution in [3.8, 4) is 17.6 Å². The van der Waals surface area contributed by atoms with E-state index in [-0.39, 0.29) is 11.7 Å². The number of halogens is 1. The van der Waals surface area contributed by atoms with Gasteiger partial charge in [-0.2, -0.15) is 5.26 Å². The lowest BCUT2D eigenvalue weighted by atomic mass is 10.1. The van der Waals surface area contributed by atoms with E-state index in [4.69, 9.17) is 25.8 Å². The lowest BCUT2D eigenvalue weighted by Crippen LogP contribution is -2.12. The maximum Gasteiger partial charge on any atom is 0.349 e. The van der Waals surface area contributed by atoms with Gasteiger partial charge in [-0.05, 0) is 51.0 Å². The molecule has 0 amide bonds. The van der Waals surface area contributed by atoms with Crippen LogP contribution in [0.4, 0.5) is 0 Å². The first-order valence-corrected chi connectivity index (χ1v) is 8.22. The van der Waals surface area contributed by atoms with Gasteiger partial charge in [0.1, 0.15) is 11.6 Å². The summed E-state index contributed by atoms with van der Waals surface area (Å²) in [6, 6.07) is 5.15. The molecule has 130 valence electrons. The smallest absolute Gasteiger partial charge is 0.349 e. The number of carbonyl (C=O) groups is 1. The van der Waals surface area contributed by atoms with Crippen LogP contribution in [0, 0.1) is 11.3 Å². The van der Waals surface area contributed by atoms with Crippen LogP contribution < -0.4 is 9.47 Å². The molecular weight excluding hydrogens is 330 g/mol. The fourth-order valence-corrected chi connectivity index (χ4v) is 2.13. The van der Waals surface area contributed by atoms with Crippen molar-refractivity contribution < 1.29 is 19.0 Å². The van der Waals surface area contributed by atoms with Gasteiger partial charge in [-0.15, -0.1) is 0 Å². The highest BCUT2D eigenvalue weighted by molar-refractivity contribution is 6.32. The summed E-state index contributed by atoms with van der Waals surface area (Å²) in [4.78, 5) is 11.9. The summed E-state index contributed by atoms with van der Waals surface area (Å²) < 4.78 is 16.2. The van der Waals surface area contributed by atoms with Gasteiger partial charge in [-0.1, -0.05) is 18.5 Å². The minimum Gasteiger partial charge on any atom is -0.490 e. The second-order valence-electron chi connectivity index (χ2n) is 5.24. The maximum atomic E-state index is 11.9. The Hall–Kier alpha value is -2.19. The monoisotopic (exact) mass is 351 g/mol. The van der Waals surface area contributed by atoms with E-state index in [2.05, 4.69) is 0 Å². The number of benzene rings is 1. The van der Waals surface area contributed by atoms with E-state index in [0.29, 0.717) is 35.3 Å². The zero-order chi connectivity index (χ0) is 18.1. The number of nitrogens with zero attached hydrogens (tertiary/aromatic N) is 1. The van der Waals surface area contributed by atoms with Crippen molar-refractivity contribution in [2.75, 3.05) is 13.2 Å². The molecule has 0 N–H and O–H groups in total. The Bertz CT molecular complexity index is 647. The summed E-state index contributed by atoms with van der Waals surface area (Å²) in [6.45, 7) is 8.23. The molecule has 0 aliphatic carbocycles.